The number of anilines is 4. The molecule has 0 atom stereocenters. The lowest BCUT2D eigenvalue weighted by Gasteiger charge is -2.26. The van der Waals surface area contributed by atoms with Crippen LogP contribution in [-0.4, -0.2) is 53.2 Å². The maximum atomic E-state index is 14.1. The largest absolute Gasteiger partial charge is 0.493 e. The first-order chi connectivity index (χ1) is 18.2. The zero-order valence-electron chi connectivity index (χ0n) is 20.9. The van der Waals surface area contributed by atoms with Crippen LogP contribution >= 0.6 is 0 Å². The summed E-state index contributed by atoms with van der Waals surface area (Å²) < 4.78 is 25.7. The van der Waals surface area contributed by atoms with Gasteiger partial charge in [0.25, 0.3) is 0 Å². The highest BCUT2D eigenvalue weighted by atomic mass is 19.1. The summed E-state index contributed by atoms with van der Waals surface area (Å²) in [7, 11) is 1.63. The Balaban J connectivity index is 1.20. The van der Waals surface area contributed by atoms with Crippen LogP contribution < -0.4 is 20.1 Å². The third-order valence-corrected chi connectivity index (χ3v) is 6.35. The van der Waals surface area contributed by atoms with Crippen molar-refractivity contribution >= 4 is 34.0 Å². The Morgan fingerprint density at radius 1 is 0.946 bits per heavy atom. The average molecular weight is 503 g/mol. The summed E-state index contributed by atoms with van der Waals surface area (Å²) in [5.41, 5.74) is 1.99. The molecule has 8 nitrogen and oxygen atoms in total. The molecule has 3 heterocycles. The number of ether oxygens (including phenoxy) is 2. The number of hydrogen-bond acceptors (Lipinski definition) is 8. The normalized spacial score (nSPS) is 13.9. The molecule has 192 valence electrons. The summed E-state index contributed by atoms with van der Waals surface area (Å²) in [4.78, 5) is 15.7. The fourth-order valence-corrected chi connectivity index (χ4v) is 4.46. The molecular formula is C28H31FN6O2. The first kappa shape index (κ1) is 24.7. The number of methoxy groups -OCH3 is 1. The number of rotatable bonds is 10. The topological polar surface area (TPSA) is 84.4 Å². The highest BCUT2D eigenvalue weighted by molar-refractivity contribution is 5.83. The van der Waals surface area contributed by atoms with Crippen molar-refractivity contribution in [1.29, 1.82) is 0 Å². The van der Waals surface area contributed by atoms with E-state index < -0.39 is 0 Å². The van der Waals surface area contributed by atoms with E-state index in [0.717, 1.165) is 18.7 Å². The second-order valence-electron chi connectivity index (χ2n) is 9.02. The van der Waals surface area contributed by atoms with Gasteiger partial charge in [-0.1, -0.05) is 12.5 Å². The van der Waals surface area contributed by atoms with Crippen LogP contribution in [-0.2, 0) is 0 Å². The fourth-order valence-electron chi connectivity index (χ4n) is 4.46. The lowest BCUT2D eigenvalue weighted by Crippen LogP contribution is -2.31. The number of nitrogens with one attached hydrogen (secondary N) is 2. The van der Waals surface area contributed by atoms with Gasteiger partial charge in [-0.25, -0.2) is 9.37 Å². The molecule has 4 aromatic rings. The molecule has 2 N–H and O–H groups in total. The number of piperidine rings is 1. The van der Waals surface area contributed by atoms with Gasteiger partial charge in [-0.2, -0.15) is 4.98 Å². The standard InChI is InChI=1S/C28H31FN6O2/c1-36-26-18-20(9-10-25(26)37-16-6-15-35-13-3-2-4-14-35)33-28-30-12-11-27(34-28)32-21-17-22-23(29)7-5-8-24(22)31-19-21/h5,7-12,17-19H,2-4,6,13-16H2,1H3,(H2,30,32,33,34). The van der Waals surface area contributed by atoms with Gasteiger partial charge in [-0.15, -0.1) is 0 Å². The Bertz CT molecular complexity index is 1350. The van der Waals surface area contributed by atoms with Gasteiger partial charge in [0, 0.05) is 29.9 Å². The van der Waals surface area contributed by atoms with Crippen LogP contribution in [0, 0.1) is 5.82 Å². The van der Waals surface area contributed by atoms with Crippen molar-refractivity contribution in [2.45, 2.75) is 25.7 Å². The molecule has 0 saturated carbocycles. The minimum Gasteiger partial charge on any atom is -0.493 e. The van der Waals surface area contributed by atoms with Crippen LogP contribution in [0.2, 0.25) is 0 Å². The molecule has 1 aliphatic heterocycles. The first-order valence-corrected chi connectivity index (χ1v) is 12.6. The molecule has 0 unspecified atom stereocenters. The van der Waals surface area contributed by atoms with Crippen molar-refractivity contribution in [2.24, 2.45) is 0 Å². The number of aromatic nitrogens is 3. The van der Waals surface area contributed by atoms with Gasteiger partial charge in [0.05, 0.1) is 31.1 Å². The monoisotopic (exact) mass is 502 g/mol. The molecule has 2 aromatic heterocycles. The number of fused-ring (bicyclic) bond motifs is 1. The molecule has 0 aliphatic carbocycles. The summed E-state index contributed by atoms with van der Waals surface area (Å²) in [6.45, 7) is 4.10. The van der Waals surface area contributed by atoms with E-state index in [1.54, 1.807) is 43.8 Å². The van der Waals surface area contributed by atoms with Crippen molar-refractivity contribution in [2.75, 3.05) is 44.0 Å². The second-order valence-corrected chi connectivity index (χ2v) is 9.02. The van der Waals surface area contributed by atoms with Crippen LogP contribution in [0.3, 0.4) is 0 Å². The van der Waals surface area contributed by atoms with E-state index in [4.69, 9.17) is 9.47 Å². The van der Waals surface area contributed by atoms with Crippen molar-refractivity contribution in [3.05, 3.63) is 66.7 Å². The second kappa shape index (κ2) is 11.8. The van der Waals surface area contributed by atoms with E-state index in [2.05, 4.69) is 30.5 Å². The summed E-state index contributed by atoms with van der Waals surface area (Å²) in [6, 6.07) is 13.9. The van der Waals surface area contributed by atoms with Crippen molar-refractivity contribution in [3.8, 4) is 11.5 Å². The number of hydrogen-bond donors (Lipinski definition) is 2. The van der Waals surface area contributed by atoms with Crippen molar-refractivity contribution in [3.63, 3.8) is 0 Å². The van der Waals surface area contributed by atoms with Crippen LogP contribution in [0.25, 0.3) is 10.9 Å². The van der Waals surface area contributed by atoms with Gasteiger partial charge < -0.3 is 25.0 Å². The van der Waals surface area contributed by atoms with Gasteiger partial charge in [0.1, 0.15) is 11.6 Å². The molecule has 37 heavy (non-hydrogen) atoms. The SMILES string of the molecule is COc1cc(Nc2nccc(Nc3cnc4cccc(F)c4c3)n2)ccc1OCCCN1CCCCC1. The predicted molar refractivity (Wildman–Crippen MR) is 144 cm³/mol. The number of nitrogens with zero attached hydrogens (tertiary/aromatic N) is 4. The quantitative estimate of drug-likeness (QED) is 0.259. The van der Waals surface area contributed by atoms with Crippen molar-refractivity contribution < 1.29 is 13.9 Å². The Morgan fingerprint density at radius 3 is 2.70 bits per heavy atom. The van der Waals surface area contributed by atoms with Crippen LogP contribution in [0.5, 0.6) is 11.5 Å². The summed E-state index contributed by atoms with van der Waals surface area (Å²) >= 11 is 0. The first-order valence-electron chi connectivity index (χ1n) is 12.6. The summed E-state index contributed by atoms with van der Waals surface area (Å²) in [5.74, 6) is 1.99. The molecule has 0 radical (unpaired) electrons. The smallest absolute Gasteiger partial charge is 0.229 e. The van der Waals surface area contributed by atoms with E-state index in [1.165, 1.54) is 38.4 Å². The molecule has 1 fully saturated rings. The highest BCUT2D eigenvalue weighted by Crippen LogP contribution is 2.31. The molecule has 0 bridgehead atoms. The minimum absolute atomic E-state index is 0.318. The minimum atomic E-state index is -0.318. The molecular weight excluding hydrogens is 471 g/mol. The molecule has 2 aromatic carbocycles. The zero-order chi connectivity index (χ0) is 25.5. The zero-order valence-corrected chi connectivity index (χ0v) is 20.9. The summed E-state index contributed by atoms with van der Waals surface area (Å²) in [5, 5.41) is 6.81. The van der Waals surface area contributed by atoms with Crippen molar-refractivity contribution in [1.82, 2.24) is 19.9 Å². The molecule has 0 spiro atoms. The molecule has 9 heteroatoms. The lowest BCUT2D eigenvalue weighted by atomic mass is 10.1. The van der Waals surface area contributed by atoms with Crippen LogP contribution in [0.4, 0.5) is 27.5 Å². The highest BCUT2D eigenvalue weighted by Gasteiger charge is 2.11. The number of benzene rings is 2. The fraction of sp³-hybridized carbons (Fsp3) is 0.321. The Labute approximate surface area is 215 Å². The van der Waals surface area contributed by atoms with E-state index >= 15 is 0 Å². The van der Waals surface area contributed by atoms with E-state index in [-0.39, 0.29) is 5.82 Å². The van der Waals surface area contributed by atoms with Gasteiger partial charge in [0.15, 0.2) is 11.5 Å². The lowest BCUT2D eigenvalue weighted by molar-refractivity contribution is 0.203. The molecule has 1 saturated heterocycles. The van der Waals surface area contributed by atoms with E-state index in [9.17, 15) is 4.39 Å². The Morgan fingerprint density at radius 2 is 1.84 bits per heavy atom. The van der Waals surface area contributed by atoms with Gasteiger partial charge in [-0.05, 0) is 68.8 Å². The maximum Gasteiger partial charge on any atom is 0.229 e. The third-order valence-electron chi connectivity index (χ3n) is 6.35. The predicted octanol–water partition coefficient (Wildman–Crippen LogP) is 5.91. The average Bonchev–Trinajstić information content (AvgIpc) is 2.93. The molecule has 0 amide bonds. The van der Waals surface area contributed by atoms with Gasteiger partial charge >= 0.3 is 0 Å². The Kier molecular flexibility index (Phi) is 7.90. The molecule has 1 aliphatic rings. The number of halogens is 1. The van der Waals surface area contributed by atoms with Gasteiger partial charge in [0.2, 0.25) is 5.95 Å². The van der Waals surface area contributed by atoms with Gasteiger partial charge in [-0.3, -0.25) is 4.98 Å². The van der Waals surface area contributed by atoms with E-state index in [1.807, 2.05) is 18.2 Å². The van der Waals surface area contributed by atoms with Crippen LogP contribution in [0.15, 0.2) is 60.9 Å². The number of pyridine rings is 1. The third kappa shape index (κ3) is 6.42. The maximum absolute atomic E-state index is 14.1. The molecule has 5 rings (SSSR count). The number of likely N-dealkylation sites (tertiary alicyclic amines) is 1. The van der Waals surface area contributed by atoms with E-state index in [0.29, 0.717) is 46.5 Å². The van der Waals surface area contributed by atoms with Crippen LogP contribution in [0.1, 0.15) is 25.7 Å². The summed E-state index contributed by atoms with van der Waals surface area (Å²) in [6.07, 6.45) is 8.21. The Hall–Kier alpha value is -3.98.